The molecule has 96 valence electrons. The van der Waals surface area contributed by atoms with Gasteiger partial charge in [0.1, 0.15) is 5.65 Å². The second kappa shape index (κ2) is 6.05. The Morgan fingerprint density at radius 2 is 2.39 bits per heavy atom. The number of pyridine rings is 1. The molecule has 0 saturated carbocycles. The molecule has 0 atom stereocenters. The van der Waals surface area contributed by atoms with E-state index in [2.05, 4.69) is 22.2 Å². The summed E-state index contributed by atoms with van der Waals surface area (Å²) in [6.45, 7) is 3.52. The number of nitrogens with one attached hydrogen (secondary N) is 1. The lowest BCUT2D eigenvalue weighted by atomic mass is 10.3. The van der Waals surface area contributed by atoms with E-state index in [4.69, 9.17) is 5.73 Å². The zero-order valence-electron chi connectivity index (χ0n) is 10.6. The van der Waals surface area contributed by atoms with Crippen LogP contribution in [0, 0.1) is 0 Å². The van der Waals surface area contributed by atoms with E-state index in [1.54, 1.807) is 0 Å². The topological polar surface area (TPSA) is 67.7 Å². The Labute approximate surface area is 107 Å². The fraction of sp³-hybridized carbons (Fsp3) is 0.385. The van der Waals surface area contributed by atoms with Gasteiger partial charge >= 0.3 is 0 Å². The van der Waals surface area contributed by atoms with Crippen LogP contribution in [0.5, 0.6) is 0 Å². The van der Waals surface area contributed by atoms with Gasteiger partial charge in [-0.2, -0.15) is 0 Å². The Morgan fingerprint density at radius 3 is 3.17 bits per heavy atom. The van der Waals surface area contributed by atoms with Gasteiger partial charge < -0.3 is 15.5 Å². The Balaban J connectivity index is 1.94. The second-order valence-corrected chi connectivity index (χ2v) is 4.18. The van der Waals surface area contributed by atoms with Gasteiger partial charge in [-0.25, -0.2) is 9.98 Å². The first-order valence-corrected chi connectivity index (χ1v) is 6.26. The summed E-state index contributed by atoms with van der Waals surface area (Å²) in [4.78, 5) is 8.72. The van der Waals surface area contributed by atoms with E-state index in [0.29, 0.717) is 12.5 Å². The molecular weight excluding hydrogens is 226 g/mol. The first kappa shape index (κ1) is 12.4. The van der Waals surface area contributed by atoms with E-state index >= 15 is 0 Å². The first-order chi connectivity index (χ1) is 8.79. The number of hydrogen-bond donors (Lipinski definition) is 2. The molecule has 0 aromatic carbocycles. The van der Waals surface area contributed by atoms with E-state index < -0.39 is 0 Å². The molecule has 2 aromatic rings. The number of guanidine groups is 1. The maximum absolute atomic E-state index is 5.76. The van der Waals surface area contributed by atoms with Crippen molar-refractivity contribution in [2.24, 2.45) is 10.7 Å². The molecule has 0 saturated heterocycles. The number of aromatic nitrogens is 2. The molecule has 2 aromatic heterocycles. The largest absolute Gasteiger partial charge is 0.370 e. The highest BCUT2D eigenvalue weighted by Gasteiger charge is 1.99. The molecule has 0 amide bonds. The third kappa shape index (κ3) is 3.23. The number of imidazole rings is 1. The number of rotatable bonds is 5. The molecule has 2 heterocycles. The van der Waals surface area contributed by atoms with Crippen molar-refractivity contribution in [3.05, 3.63) is 36.3 Å². The minimum atomic E-state index is 0.487. The molecule has 3 N–H and O–H groups in total. The van der Waals surface area contributed by atoms with Crippen molar-refractivity contribution in [1.82, 2.24) is 14.7 Å². The van der Waals surface area contributed by atoms with Gasteiger partial charge in [0.2, 0.25) is 0 Å². The van der Waals surface area contributed by atoms with E-state index in [9.17, 15) is 0 Å². The van der Waals surface area contributed by atoms with E-state index in [1.807, 2.05) is 35.0 Å². The van der Waals surface area contributed by atoms with Crippen molar-refractivity contribution in [2.45, 2.75) is 26.3 Å². The van der Waals surface area contributed by atoms with Crippen molar-refractivity contribution in [2.75, 3.05) is 6.54 Å². The van der Waals surface area contributed by atoms with Crippen LogP contribution >= 0.6 is 0 Å². The van der Waals surface area contributed by atoms with Crippen molar-refractivity contribution in [3.63, 3.8) is 0 Å². The molecule has 0 aliphatic carbocycles. The van der Waals surface area contributed by atoms with Crippen LogP contribution < -0.4 is 11.1 Å². The summed E-state index contributed by atoms with van der Waals surface area (Å²) in [6, 6.07) is 5.91. The summed E-state index contributed by atoms with van der Waals surface area (Å²) in [6.07, 6.45) is 6.19. The summed E-state index contributed by atoms with van der Waals surface area (Å²) in [5.74, 6) is 0.487. The predicted molar refractivity (Wildman–Crippen MR) is 73.4 cm³/mol. The first-order valence-electron chi connectivity index (χ1n) is 6.26. The monoisotopic (exact) mass is 245 g/mol. The van der Waals surface area contributed by atoms with Crippen molar-refractivity contribution < 1.29 is 0 Å². The number of nitrogens with zero attached hydrogens (tertiary/aromatic N) is 3. The Morgan fingerprint density at radius 1 is 1.50 bits per heavy atom. The lowest BCUT2D eigenvalue weighted by Gasteiger charge is -2.03. The Kier molecular flexibility index (Phi) is 4.17. The average Bonchev–Trinajstić information content (AvgIpc) is 2.79. The summed E-state index contributed by atoms with van der Waals surface area (Å²) in [7, 11) is 0. The zero-order chi connectivity index (χ0) is 12.8. The van der Waals surface area contributed by atoms with Crippen LogP contribution in [0.2, 0.25) is 0 Å². The highest BCUT2D eigenvalue weighted by atomic mass is 15.1. The lowest BCUT2D eigenvalue weighted by Crippen LogP contribution is -2.32. The standard InChI is InChI=1S/C13H19N5/c1-2-3-7-15-13(14)16-9-11-10-18-8-5-4-6-12(18)17-11/h4-6,8,10H,2-3,7,9H2,1H3,(H3,14,15,16). The van der Waals surface area contributed by atoms with Crippen LogP contribution in [0.15, 0.2) is 35.6 Å². The number of fused-ring (bicyclic) bond motifs is 1. The number of unbranched alkanes of at least 4 members (excludes halogenated alkanes) is 1. The Bertz CT molecular complexity index is 496. The molecule has 0 unspecified atom stereocenters. The smallest absolute Gasteiger partial charge is 0.188 e. The van der Waals surface area contributed by atoms with Gasteiger partial charge in [-0.15, -0.1) is 0 Å². The number of hydrogen-bond acceptors (Lipinski definition) is 2. The average molecular weight is 245 g/mol. The van der Waals surface area contributed by atoms with Crippen LogP contribution in [0.1, 0.15) is 25.5 Å². The van der Waals surface area contributed by atoms with Gasteiger partial charge in [0.15, 0.2) is 5.96 Å². The van der Waals surface area contributed by atoms with Crippen LogP contribution in [-0.4, -0.2) is 21.9 Å². The van der Waals surface area contributed by atoms with Crippen LogP contribution in [0.25, 0.3) is 5.65 Å². The van der Waals surface area contributed by atoms with E-state index in [0.717, 1.165) is 30.7 Å². The molecule has 0 bridgehead atoms. The third-order valence-electron chi connectivity index (χ3n) is 2.66. The summed E-state index contributed by atoms with van der Waals surface area (Å²) < 4.78 is 1.98. The van der Waals surface area contributed by atoms with Crippen LogP contribution in [0.4, 0.5) is 0 Å². The van der Waals surface area contributed by atoms with Crippen molar-refractivity contribution in [3.8, 4) is 0 Å². The number of aliphatic imine (C=N–C) groups is 1. The summed E-state index contributed by atoms with van der Waals surface area (Å²) >= 11 is 0. The quantitative estimate of drug-likeness (QED) is 0.477. The highest BCUT2D eigenvalue weighted by Crippen LogP contribution is 2.05. The molecule has 0 aliphatic heterocycles. The van der Waals surface area contributed by atoms with Gasteiger partial charge in [0.25, 0.3) is 0 Å². The minimum Gasteiger partial charge on any atom is -0.370 e. The molecule has 2 rings (SSSR count). The predicted octanol–water partition coefficient (Wildman–Crippen LogP) is 1.54. The van der Waals surface area contributed by atoms with Gasteiger partial charge in [-0.3, -0.25) is 0 Å². The molecule has 18 heavy (non-hydrogen) atoms. The summed E-state index contributed by atoms with van der Waals surface area (Å²) in [5, 5.41) is 3.08. The fourth-order valence-corrected chi connectivity index (χ4v) is 1.68. The van der Waals surface area contributed by atoms with E-state index in [1.165, 1.54) is 0 Å². The van der Waals surface area contributed by atoms with Gasteiger partial charge in [-0.1, -0.05) is 19.4 Å². The SMILES string of the molecule is CCCCNC(N)=NCc1cn2ccccc2n1. The van der Waals surface area contributed by atoms with E-state index in [-0.39, 0.29) is 0 Å². The van der Waals surface area contributed by atoms with Crippen LogP contribution in [-0.2, 0) is 6.54 Å². The molecule has 0 spiro atoms. The molecule has 5 nitrogen and oxygen atoms in total. The van der Waals surface area contributed by atoms with Gasteiger partial charge in [0, 0.05) is 18.9 Å². The van der Waals surface area contributed by atoms with Gasteiger partial charge in [0.05, 0.1) is 12.2 Å². The summed E-state index contributed by atoms with van der Waals surface area (Å²) in [5.41, 5.74) is 7.61. The zero-order valence-corrected chi connectivity index (χ0v) is 10.6. The molecule has 5 heteroatoms. The second-order valence-electron chi connectivity index (χ2n) is 4.18. The third-order valence-corrected chi connectivity index (χ3v) is 2.66. The maximum Gasteiger partial charge on any atom is 0.188 e. The normalized spacial score (nSPS) is 11.9. The van der Waals surface area contributed by atoms with Crippen molar-refractivity contribution >= 4 is 11.6 Å². The van der Waals surface area contributed by atoms with Crippen molar-refractivity contribution in [1.29, 1.82) is 0 Å². The fourth-order valence-electron chi connectivity index (χ4n) is 1.68. The molecule has 0 aliphatic rings. The number of nitrogens with two attached hydrogens (primary N) is 1. The molecule has 0 radical (unpaired) electrons. The minimum absolute atomic E-state index is 0.487. The van der Waals surface area contributed by atoms with Crippen LogP contribution in [0.3, 0.4) is 0 Å². The highest BCUT2D eigenvalue weighted by molar-refractivity contribution is 5.77. The molecule has 0 fully saturated rings. The molecular formula is C13H19N5. The van der Waals surface area contributed by atoms with Gasteiger partial charge in [-0.05, 0) is 18.6 Å². The Hall–Kier alpha value is -2.04. The maximum atomic E-state index is 5.76. The lowest BCUT2D eigenvalue weighted by molar-refractivity contribution is 0.747.